The number of morpholine rings is 1. The van der Waals surface area contributed by atoms with Crippen molar-refractivity contribution in [1.82, 2.24) is 9.80 Å². The van der Waals surface area contributed by atoms with E-state index in [1.165, 1.54) is 0 Å². The quantitative estimate of drug-likeness (QED) is 0.725. The molecule has 0 aromatic rings. The van der Waals surface area contributed by atoms with Crippen LogP contribution < -0.4 is 5.73 Å². The number of hydrogen-bond donors (Lipinski definition) is 1. The molecule has 1 amide bonds. The van der Waals surface area contributed by atoms with Crippen molar-refractivity contribution in [2.45, 2.75) is 13.3 Å². The zero-order valence-corrected chi connectivity index (χ0v) is 10.7. The Hall–Kier alpha value is -0.650. The fourth-order valence-electron chi connectivity index (χ4n) is 2.53. The maximum absolute atomic E-state index is 12.1. The van der Waals surface area contributed by atoms with E-state index in [4.69, 9.17) is 10.5 Å². The molecule has 2 N–H and O–H groups in total. The molecule has 2 saturated heterocycles. The van der Waals surface area contributed by atoms with Crippen molar-refractivity contribution in [2.75, 3.05) is 52.5 Å². The van der Waals surface area contributed by atoms with Gasteiger partial charge in [-0.3, -0.25) is 9.69 Å². The van der Waals surface area contributed by atoms with Crippen molar-refractivity contribution in [3.63, 3.8) is 0 Å². The fraction of sp³-hybridized carbons (Fsp3) is 0.917. The minimum atomic E-state index is 0.200. The van der Waals surface area contributed by atoms with Crippen LogP contribution in [0.1, 0.15) is 13.3 Å². The molecule has 1 unspecified atom stereocenters. The normalized spacial score (nSPS) is 30.8. The van der Waals surface area contributed by atoms with Crippen LogP contribution >= 0.6 is 0 Å². The number of hydrogen-bond acceptors (Lipinski definition) is 4. The molecule has 0 aliphatic carbocycles. The first-order valence-corrected chi connectivity index (χ1v) is 6.41. The first kappa shape index (κ1) is 12.8. The highest BCUT2D eigenvalue weighted by molar-refractivity contribution is 5.78. The SMILES string of the molecule is CC1(CN)CCN(CC(=O)N2CCOCC2)C1. The lowest BCUT2D eigenvalue weighted by atomic mass is 9.90. The van der Waals surface area contributed by atoms with Crippen LogP contribution in [0.3, 0.4) is 0 Å². The molecular formula is C12H23N3O2. The summed E-state index contributed by atoms with van der Waals surface area (Å²) in [6.07, 6.45) is 1.10. The average Bonchev–Trinajstić information content (AvgIpc) is 2.73. The highest BCUT2D eigenvalue weighted by atomic mass is 16.5. The Kier molecular flexibility index (Phi) is 4.01. The van der Waals surface area contributed by atoms with E-state index in [0.717, 1.165) is 32.6 Å². The van der Waals surface area contributed by atoms with Gasteiger partial charge < -0.3 is 15.4 Å². The molecule has 0 bridgehead atoms. The molecule has 1 atom stereocenters. The lowest BCUT2D eigenvalue weighted by Gasteiger charge is -2.29. The van der Waals surface area contributed by atoms with Crippen LogP contribution in [0.4, 0.5) is 0 Å². The van der Waals surface area contributed by atoms with Gasteiger partial charge in [0.15, 0.2) is 0 Å². The topological polar surface area (TPSA) is 58.8 Å². The summed E-state index contributed by atoms with van der Waals surface area (Å²) in [6.45, 7) is 8.20. The van der Waals surface area contributed by atoms with E-state index in [-0.39, 0.29) is 11.3 Å². The van der Waals surface area contributed by atoms with Gasteiger partial charge in [0.2, 0.25) is 5.91 Å². The summed E-state index contributed by atoms with van der Waals surface area (Å²) in [5.74, 6) is 0.231. The number of amides is 1. The first-order valence-electron chi connectivity index (χ1n) is 6.41. The third kappa shape index (κ3) is 3.18. The molecule has 5 nitrogen and oxygen atoms in total. The molecule has 2 fully saturated rings. The van der Waals surface area contributed by atoms with Gasteiger partial charge >= 0.3 is 0 Å². The number of ether oxygens (including phenoxy) is 1. The Bertz CT molecular complexity index is 279. The fourth-order valence-corrected chi connectivity index (χ4v) is 2.53. The molecular weight excluding hydrogens is 218 g/mol. The molecule has 0 spiro atoms. The van der Waals surface area contributed by atoms with Crippen LogP contribution in [0.15, 0.2) is 0 Å². The first-order chi connectivity index (χ1) is 8.13. The molecule has 98 valence electrons. The lowest BCUT2D eigenvalue weighted by Crippen LogP contribution is -2.45. The number of nitrogens with zero attached hydrogens (tertiary/aromatic N) is 2. The van der Waals surface area contributed by atoms with Crippen molar-refractivity contribution in [1.29, 1.82) is 0 Å². The third-order valence-electron chi connectivity index (χ3n) is 3.85. The summed E-state index contributed by atoms with van der Waals surface area (Å²) in [7, 11) is 0. The number of carbonyl (C=O) groups excluding carboxylic acids is 1. The highest BCUT2D eigenvalue weighted by Gasteiger charge is 2.33. The number of rotatable bonds is 3. The van der Waals surface area contributed by atoms with Crippen molar-refractivity contribution in [2.24, 2.45) is 11.1 Å². The second-order valence-electron chi connectivity index (χ2n) is 5.47. The van der Waals surface area contributed by atoms with E-state index in [1.807, 2.05) is 4.90 Å². The van der Waals surface area contributed by atoms with Crippen molar-refractivity contribution in [3.8, 4) is 0 Å². The number of carbonyl (C=O) groups is 1. The Labute approximate surface area is 103 Å². The van der Waals surface area contributed by atoms with Crippen LogP contribution in [0.5, 0.6) is 0 Å². The molecule has 5 heteroatoms. The van der Waals surface area contributed by atoms with E-state index < -0.39 is 0 Å². The Morgan fingerprint density at radius 1 is 1.35 bits per heavy atom. The molecule has 0 aromatic carbocycles. The number of likely N-dealkylation sites (tertiary alicyclic amines) is 1. The van der Waals surface area contributed by atoms with E-state index >= 15 is 0 Å². The molecule has 2 rings (SSSR count). The summed E-state index contributed by atoms with van der Waals surface area (Å²) in [5.41, 5.74) is 5.97. The lowest BCUT2D eigenvalue weighted by molar-refractivity contribution is -0.136. The largest absolute Gasteiger partial charge is 0.378 e. The Balaban J connectivity index is 1.79. The zero-order chi connectivity index (χ0) is 12.3. The van der Waals surface area contributed by atoms with Crippen molar-refractivity contribution < 1.29 is 9.53 Å². The third-order valence-corrected chi connectivity index (χ3v) is 3.85. The summed E-state index contributed by atoms with van der Waals surface area (Å²) in [6, 6.07) is 0. The highest BCUT2D eigenvalue weighted by Crippen LogP contribution is 2.28. The van der Waals surface area contributed by atoms with Crippen LogP contribution in [0.2, 0.25) is 0 Å². The van der Waals surface area contributed by atoms with E-state index in [0.29, 0.717) is 26.3 Å². The molecule has 0 saturated carbocycles. The van der Waals surface area contributed by atoms with Crippen LogP contribution in [0.25, 0.3) is 0 Å². The predicted octanol–water partition coefficient (Wildman–Crippen LogP) is -0.484. The molecule has 17 heavy (non-hydrogen) atoms. The maximum atomic E-state index is 12.1. The second-order valence-corrected chi connectivity index (χ2v) is 5.47. The second kappa shape index (κ2) is 5.33. The van der Waals surface area contributed by atoms with Gasteiger partial charge in [-0.05, 0) is 24.9 Å². The summed E-state index contributed by atoms with van der Waals surface area (Å²) < 4.78 is 5.25. The van der Waals surface area contributed by atoms with Gasteiger partial charge in [-0.15, -0.1) is 0 Å². The van der Waals surface area contributed by atoms with Gasteiger partial charge in [-0.25, -0.2) is 0 Å². The average molecular weight is 241 g/mol. The van der Waals surface area contributed by atoms with Gasteiger partial charge in [-0.2, -0.15) is 0 Å². The zero-order valence-electron chi connectivity index (χ0n) is 10.7. The molecule has 2 aliphatic rings. The Morgan fingerprint density at radius 2 is 2.06 bits per heavy atom. The van der Waals surface area contributed by atoms with E-state index in [2.05, 4.69) is 11.8 Å². The van der Waals surface area contributed by atoms with Crippen LogP contribution in [-0.2, 0) is 9.53 Å². The predicted molar refractivity (Wildman–Crippen MR) is 65.6 cm³/mol. The van der Waals surface area contributed by atoms with Crippen molar-refractivity contribution >= 4 is 5.91 Å². The standard InChI is InChI=1S/C12H23N3O2/c1-12(9-13)2-3-14(10-12)8-11(16)15-4-6-17-7-5-15/h2-10,13H2,1H3. The summed E-state index contributed by atoms with van der Waals surface area (Å²) in [5, 5.41) is 0. The van der Waals surface area contributed by atoms with Gasteiger partial charge in [0, 0.05) is 19.6 Å². The van der Waals surface area contributed by atoms with Gasteiger partial charge in [0.25, 0.3) is 0 Å². The van der Waals surface area contributed by atoms with Crippen LogP contribution in [-0.4, -0.2) is 68.2 Å². The minimum Gasteiger partial charge on any atom is -0.378 e. The van der Waals surface area contributed by atoms with Gasteiger partial charge in [-0.1, -0.05) is 6.92 Å². The monoisotopic (exact) mass is 241 g/mol. The molecule has 2 heterocycles. The molecule has 2 aliphatic heterocycles. The molecule has 0 radical (unpaired) electrons. The van der Waals surface area contributed by atoms with Gasteiger partial charge in [0.05, 0.1) is 19.8 Å². The molecule has 0 aromatic heterocycles. The maximum Gasteiger partial charge on any atom is 0.236 e. The van der Waals surface area contributed by atoms with Crippen molar-refractivity contribution in [3.05, 3.63) is 0 Å². The van der Waals surface area contributed by atoms with Crippen LogP contribution in [0, 0.1) is 5.41 Å². The smallest absolute Gasteiger partial charge is 0.236 e. The Morgan fingerprint density at radius 3 is 2.65 bits per heavy atom. The minimum absolute atomic E-state index is 0.200. The van der Waals surface area contributed by atoms with Gasteiger partial charge in [0.1, 0.15) is 0 Å². The summed E-state index contributed by atoms with van der Waals surface area (Å²) in [4.78, 5) is 16.2. The van der Waals surface area contributed by atoms with E-state index in [1.54, 1.807) is 0 Å². The van der Waals surface area contributed by atoms with E-state index in [9.17, 15) is 4.79 Å². The summed E-state index contributed by atoms with van der Waals surface area (Å²) >= 11 is 0. The number of nitrogens with two attached hydrogens (primary N) is 1.